The van der Waals surface area contributed by atoms with Crippen LogP contribution in [0.25, 0.3) is 0 Å². The Morgan fingerprint density at radius 2 is 2.26 bits per heavy atom. The van der Waals surface area contributed by atoms with E-state index in [2.05, 4.69) is 0 Å². The van der Waals surface area contributed by atoms with Crippen molar-refractivity contribution >= 4 is 11.7 Å². The molecular formula is C12H11FN2O4. The summed E-state index contributed by atoms with van der Waals surface area (Å²) in [6.07, 6.45) is 0. The lowest BCUT2D eigenvalue weighted by Gasteiger charge is -2.19. The molecule has 0 aliphatic carbocycles. The predicted molar refractivity (Wildman–Crippen MR) is 62.7 cm³/mol. The van der Waals surface area contributed by atoms with Gasteiger partial charge in [-0.3, -0.25) is 10.1 Å². The summed E-state index contributed by atoms with van der Waals surface area (Å²) in [5, 5.41) is 20.0. The van der Waals surface area contributed by atoms with E-state index < -0.39 is 27.8 Å². The molecule has 0 radical (unpaired) electrons. The maximum Gasteiger partial charge on any atom is 0.331 e. The van der Waals surface area contributed by atoms with Gasteiger partial charge in [-0.05, 0) is 26.0 Å². The Morgan fingerprint density at radius 3 is 2.74 bits per heavy atom. The highest BCUT2D eigenvalue weighted by molar-refractivity contribution is 5.87. The minimum absolute atomic E-state index is 0.0328. The number of ether oxygens (including phenoxy) is 1. The summed E-state index contributed by atoms with van der Waals surface area (Å²) in [4.78, 5) is 21.8. The second-order valence-electron chi connectivity index (χ2n) is 3.88. The fourth-order valence-electron chi connectivity index (χ4n) is 1.57. The third kappa shape index (κ3) is 2.68. The fraction of sp³-hybridized carbons (Fsp3) is 0.333. The Bertz CT molecular complexity index is 567. The SMILES string of the molecule is CCOC(=O)C(C)(C#N)c1ccc(F)cc1[N+](=O)[O-]. The van der Waals surface area contributed by atoms with E-state index in [1.165, 1.54) is 6.92 Å². The molecule has 1 unspecified atom stereocenters. The number of carbonyl (C=O) groups excluding carboxylic acids is 1. The van der Waals surface area contributed by atoms with Crippen LogP contribution in [0.5, 0.6) is 0 Å². The lowest BCUT2D eigenvalue weighted by atomic mass is 9.83. The van der Waals surface area contributed by atoms with Crippen molar-refractivity contribution in [2.45, 2.75) is 19.3 Å². The molecule has 0 spiro atoms. The van der Waals surface area contributed by atoms with Crippen molar-refractivity contribution in [3.8, 4) is 6.07 Å². The zero-order valence-corrected chi connectivity index (χ0v) is 10.3. The molecule has 0 fully saturated rings. The molecule has 0 saturated heterocycles. The summed E-state index contributed by atoms with van der Waals surface area (Å²) in [7, 11) is 0. The minimum atomic E-state index is -1.86. The molecule has 1 aromatic rings. The monoisotopic (exact) mass is 266 g/mol. The van der Waals surface area contributed by atoms with Gasteiger partial charge in [0.25, 0.3) is 5.69 Å². The van der Waals surface area contributed by atoms with Crippen LogP contribution in [0.3, 0.4) is 0 Å². The lowest BCUT2D eigenvalue weighted by molar-refractivity contribution is -0.386. The smallest absolute Gasteiger partial charge is 0.331 e. The van der Waals surface area contributed by atoms with Crippen molar-refractivity contribution < 1.29 is 18.8 Å². The van der Waals surface area contributed by atoms with Crippen molar-refractivity contribution in [1.29, 1.82) is 5.26 Å². The highest BCUT2D eigenvalue weighted by Crippen LogP contribution is 2.33. The number of nitro groups is 1. The molecule has 0 aliphatic rings. The van der Waals surface area contributed by atoms with E-state index in [0.717, 1.165) is 12.1 Å². The predicted octanol–water partition coefficient (Wildman–Crippen LogP) is 2.08. The van der Waals surface area contributed by atoms with Crippen LogP contribution in [0.15, 0.2) is 18.2 Å². The molecule has 0 saturated carbocycles. The van der Waals surface area contributed by atoms with Gasteiger partial charge in [0.15, 0.2) is 5.41 Å². The largest absolute Gasteiger partial charge is 0.465 e. The van der Waals surface area contributed by atoms with Gasteiger partial charge < -0.3 is 4.74 Å². The van der Waals surface area contributed by atoms with Crippen LogP contribution in [-0.4, -0.2) is 17.5 Å². The molecule has 1 atom stereocenters. The molecule has 1 rings (SSSR count). The molecule has 0 aromatic heterocycles. The van der Waals surface area contributed by atoms with Crippen molar-refractivity contribution in [3.05, 3.63) is 39.7 Å². The van der Waals surface area contributed by atoms with Gasteiger partial charge in [0.05, 0.1) is 29.2 Å². The van der Waals surface area contributed by atoms with Crippen molar-refractivity contribution in [3.63, 3.8) is 0 Å². The molecule has 0 N–H and O–H groups in total. The first kappa shape index (κ1) is 14.6. The Kier molecular flexibility index (Phi) is 4.17. The van der Waals surface area contributed by atoms with E-state index in [9.17, 15) is 19.3 Å². The number of nitrogens with zero attached hydrogens (tertiary/aromatic N) is 2. The van der Waals surface area contributed by atoms with E-state index in [0.29, 0.717) is 6.07 Å². The van der Waals surface area contributed by atoms with Gasteiger partial charge in [-0.2, -0.15) is 5.26 Å². The van der Waals surface area contributed by atoms with E-state index in [-0.39, 0.29) is 12.2 Å². The average molecular weight is 266 g/mol. The van der Waals surface area contributed by atoms with E-state index in [4.69, 9.17) is 10.00 Å². The van der Waals surface area contributed by atoms with Crippen LogP contribution >= 0.6 is 0 Å². The van der Waals surface area contributed by atoms with Gasteiger partial charge in [0, 0.05) is 0 Å². The van der Waals surface area contributed by atoms with Gasteiger partial charge in [-0.1, -0.05) is 0 Å². The number of rotatable bonds is 4. The third-order valence-corrected chi connectivity index (χ3v) is 2.60. The Balaban J connectivity index is 3.46. The van der Waals surface area contributed by atoms with Crippen LogP contribution in [0.4, 0.5) is 10.1 Å². The molecule has 7 heteroatoms. The number of carbonyl (C=O) groups is 1. The van der Waals surface area contributed by atoms with Crippen molar-refractivity contribution in [1.82, 2.24) is 0 Å². The number of nitriles is 1. The number of halogens is 1. The summed E-state index contributed by atoms with van der Waals surface area (Å²) >= 11 is 0. The Labute approximate surface area is 108 Å². The third-order valence-electron chi connectivity index (χ3n) is 2.60. The Morgan fingerprint density at radius 1 is 1.63 bits per heavy atom. The second kappa shape index (κ2) is 5.44. The standard InChI is InChI=1S/C12H11FN2O4/c1-3-19-11(16)12(2,7-14)9-5-4-8(13)6-10(9)15(17)18/h4-6H,3H2,1-2H3. The summed E-state index contributed by atoms with van der Waals surface area (Å²) in [5.41, 5.74) is -2.68. The van der Waals surface area contributed by atoms with Gasteiger partial charge in [-0.25, -0.2) is 9.18 Å². The van der Waals surface area contributed by atoms with Crippen molar-refractivity contribution in [2.75, 3.05) is 6.61 Å². The van der Waals surface area contributed by atoms with E-state index >= 15 is 0 Å². The first-order valence-electron chi connectivity index (χ1n) is 5.39. The zero-order valence-electron chi connectivity index (χ0n) is 10.3. The molecule has 19 heavy (non-hydrogen) atoms. The van der Waals surface area contributed by atoms with Gasteiger partial charge in [0.2, 0.25) is 0 Å². The maximum atomic E-state index is 13.0. The number of hydrogen-bond donors (Lipinski definition) is 0. The van der Waals surface area contributed by atoms with Crippen LogP contribution in [0.2, 0.25) is 0 Å². The van der Waals surface area contributed by atoms with Gasteiger partial charge in [-0.15, -0.1) is 0 Å². The maximum absolute atomic E-state index is 13.0. The molecule has 0 aliphatic heterocycles. The Hall–Kier alpha value is -2.49. The number of esters is 1. The van der Waals surface area contributed by atoms with E-state index in [1.54, 1.807) is 13.0 Å². The summed E-state index contributed by atoms with van der Waals surface area (Å²) in [6, 6.07) is 4.37. The molecule has 1 aromatic carbocycles. The number of benzene rings is 1. The van der Waals surface area contributed by atoms with Gasteiger partial charge in [0.1, 0.15) is 5.82 Å². The molecule has 0 heterocycles. The van der Waals surface area contributed by atoms with Crippen LogP contribution < -0.4 is 0 Å². The first-order valence-corrected chi connectivity index (χ1v) is 5.39. The van der Waals surface area contributed by atoms with Crippen LogP contribution in [-0.2, 0) is 14.9 Å². The van der Waals surface area contributed by atoms with Crippen molar-refractivity contribution in [2.24, 2.45) is 0 Å². The topological polar surface area (TPSA) is 93.2 Å². The molecule has 0 bridgehead atoms. The zero-order chi connectivity index (χ0) is 14.6. The molecule has 100 valence electrons. The van der Waals surface area contributed by atoms with Crippen LogP contribution in [0.1, 0.15) is 19.4 Å². The summed E-state index contributed by atoms with van der Waals surface area (Å²) in [5.74, 6) is -1.73. The normalized spacial score (nSPS) is 13.2. The molecule has 0 amide bonds. The highest BCUT2D eigenvalue weighted by Gasteiger charge is 2.42. The summed E-state index contributed by atoms with van der Waals surface area (Å²) < 4.78 is 17.8. The molecular weight excluding hydrogens is 255 g/mol. The molecule has 6 nitrogen and oxygen atoms in total. The van der Waals surface area contributed by atoms with E-state index in [1.807, 2.05) is 0 Å². The quantitative estimate of drug-likeness (QED) is 0.472. The fourth-order valence-corrected chi connectivity index (χ4v) is 1.57. The minimum Gasteiger partial charge on any atom is -0.465 e. The van der Waals surface area contributed by atoms with Crippen LogP contribution in [0, 0.1) is 27.3 Å². The number of hydrogen-bond acceptors (Lipinski definition) is 5. The average Bonchev–Trinajstić information content (AvgIpc) is 2.37. The highest BCUT2D eigenvalue weighted by atomic mass is 19.1. The lowest BCUT2D eigenvalue weighted by Crippen LogP contribution is -2.33. The van der Waals surface area contributed by atoms with Gasteiger partial charge >= 0.3 is 5.97 Å². The first-order chi connectivity index (χ1) is 8.86. The number of nitro benzene ring substituents is 1. The second-order valence-corrected chi connectivity index (χ2v) is 3.88. The summed E-state index contributed by atoms with van der Waals surface area (Å²) in [6.45, 7) is 2.78.